The average molecular weight is 845 g/mol. The Morgan fingerprint density at radius 3 is 1.65 bits per heavy atom. The van der Waals surface area contributed by atoms with Crippen molar-refractivity contribution in [3.05, 3.63) is 71.8 Å². The van der Waals surface area contributed by atoms with Crippen LogP contribution in [0, 0.1) is 5.92 Å². The third-order valence-electron chi connectivity index (χ3n) is 8.76. The first-order chi connectivity index (χ1) is 27.9. The van der Waals surface area contributed by atoms with E-state index in [2.05, 4.69) is 44.8 Å². The molecule has 5 atom stereocenters. The lowest BCUT2D eigenvalue weighted by Crippen LogP contribution is -2.43. The molecule has 17 heteroatoms. The molecule has 0 saturated carbocycles. The number of hydrogen-bond donors (Lipinski definition) is 5. The van der Waals surface area contributed by atoms with E-state index in [9.17, 15) is 38.4 Å². The molecule has 0 spiro atoms. The lowest BCUT2D eigenvalue weighted by Gasteiger charge is -2.21. The summed E-state index contributed by atoms with van der Waals surface area (Å²) in [6, 6.07) is 17.5. The van der Waals surface area contributed by atoms with Crippen LogP contribution in [0.25, 0.3) is 0 Å². The second-order valence-electron chi connectivity index (χ2n) is 14.3. The van der Waals surface area contributed by atoms with Gasteiger partial charge in [0.25, 0.3) is 5.79 Å². The number of methoxy groups -OCH3 is 3. The van der Waals surface area contributed by atoms with Gasteiger partial charge in [-0.25, -0.2) is 14.4 Å². The van der Waals surface area contributed by atoms with Crippen molar-refractivity contribution in [3.8, 4) is 0 Å². The van der Waals surface area contributed by atoms with Gasteiger partial charge in [-0.15, -0.1) is 0 Å². The van der Waals surface area contributed by atoms with E-state index in [0.29, 0.717) is 31.6 Å². The lowest BCUT2D eigenvalue weighted by molar-refractivity contribution is -0.235. The van der Waals surface area contributed by atoms with Crippen LogP contribution in [0.4, 0.5) is 0 Å². The Hall–Kier alpha value is -5.52. The summed E-state index contributed by atoms with van der Waals surface area (Å²) in [6.45, 7) is 8.84. The maximum Gasteiger partial charge on any atom is 0.374 e. The summed E-state index contributed by atoms with van der Waals surface area (Å²) >= 11 is 0. The standard InChI is InChI=1S/C19H26N2O5.C13H15NO4.C10H19NO4.CH4/c1-4-15(20-13(2)22)12-18(24)21-16(11-17(23)19(25)26-3)10-14-8-6-5-7-9-14;1-9(15)14-11(8-12(16)13(17)18)7-10-5-3-2-4-6-10;1-7(2)5-8-6-10(14-4,15-11-8)9(12)13-3;/h5-9,15-16H,4,10-12H2,1-3H3,(H,20,22)(H,21,24);2-6,11H,7-8H2,1H3,(H,14,15)(H,17,18);7-8,11H,5-6H2,1-4H3;1H4/t15-,16?;11-;8-,10-;/m001./s1. The zero-order chi connectivity index (χ0) is 44.5. The monoisotopic (exact) mass is 844 g/mol. The van der Waals surface area contributed by atoms with E-state index in [1.54, 1.807) is 0 Å². The zero-order valence-electron chi connectivity index (χ0n) is 35.2. The minimum Gasteiger partial charge on any atom is -0.476 e. The number of hydroxylamine groups is 1. The number of amides is 3. The summed E-state index contributed by atoms with van der Waals surface area (Å²) in [4.78, 5) is 96.2. The number of ether oxygens (including phenoxy) is 3. The molecule has 1 aliphatic rings. The molecule has 17 nitrogen and oxygen atoms in total. The Bertz CT molecular complexity index is 1670. The van der Waals surface area contributed by atoms with Crippen LogP contribution in [0.3, 0.4) is 0 Å². The van der Waals surface area contributed by atoms with Crippen LogP contribution in [0.15, 0.2) is 60.7 Å². The molecule has 2 aromatic carbocycles. The van der Waals surface area contributed by atoms with Gasteiger partial charge in [-0.1, -0.05) is 88.9 Å². The number of Topliss-reactive ketones (excluding diaryl/α,β-unsaturated/α-hetero) is 2. The van der Waals surface area contributed by atoms with Crippen LogP contribution in [0.2, 0.25) is 0 Å². The number of ketones is 2. The first-order valence-electron chi connectivity index (χ1n) is 19.2. The summed E-state index contributed by atoms with van der Waals surface area (Å²) < 4.78 is 14.2. The summed E-state index contributed by atoms with van der Waals surface area (Å²) in [6.07, 6.45) is 2.61. The van der Waals surface area contributed by atoms with Crippen molar-refractivity contribution < 1.29 is 62.5 Å². The molecule has 1 aliphatic heterocycles. The fourth-order valence-corrected chi connectivity index (χ4v) is 6.04. The summed E-state index contributed by atoms with van der Waals surface area (Å²) in [7, 11) is 3.91. The number of carboxylic acids is 1. The minimum absolute atomic E-state index is 0. The van der Waals surface area contributed by atoms with Crippen molar-refractivity contribution >= 4 is 47.2 Å². The third kappa shape index (κ3) is 21.5. The molecule has 1 saturated heterocycles. The Kier molecular flexibility index (Phi) is 26.2. The van der Waals surface area contributed by atoms with Crippen LogP contribution in [-0.2, 0) is 70.2 Å². The molecule has 60 heavy (non-hydrogen) atoms. The highest BCUT2D eigenvalue weighted by Gasteiger charge is 2.49. The van der Waals surface area contributed by atoms with Crippen molar-refractivity contribution in [2.24, 2.45) is 5.92 Å². The fraction of sp³-hybridized carbons (Fsp3) is 0.535. The van der Waals surface area contributed by atoms with Crippen LogP contribution >= 0.6 is 0 Å². The van der Waals surface area contributed by atoms with Gasteiger partial charge < -0.3 is 35.3 Å². The molecule has 0 aliphatic carbocycles. The summed E-state index contributed by atoms with van der Waals surface area (Å²) in [5, 5.41) is 16.7. The molecule has 2 aromatic rings. The van der Waals surface area contributed by atoms with E-state index < -0.39 is 47.3 Å². The highest BCUT2D eigenvalue weighted by molar-refractivity contribution is 6.33. The first-order valence-corrected chi connectivity index (χ1v) is 19.2. The number of carbonyl (C=O) groups excluding carboxylic acids is 7. The zero-order valence-corrected chi connectivity index (χ0v) is 35.2. The number of carbonyl (C=O) groups is 8. The molecule has 3 rings (SSSR count). The van der Waals surface area contributed by atoms with Gasteiger partial charge in [0, 0.05) is 70.8 Å². The van der Waals surface area contributed by atoms with Gasteiger partial charge in [-0.05, 0) is 42.7 Å². The second-order valence-corrected chi connectivity index (χ2v) is 14.3. The second kappa shape index (κ2) is 28.8. The van der Waals surface area contributed by atoms with E-state index in [-0.39, 0.29) is 56.5 Å². The van der Waals surface area contributed by atoms with Gasteiger partial charge in [-0.3, -0.25) is 28.8 Å². The summed E-state index contributed by atoms with van der Waals surface area (Å²) in [5.41, 5.74) is 4.69. The van der Waals surface area contributed by atoms with Crippen molar-refractivity contribution in [1.82, 2.24) is 21.4 Å². The highest BCUT2D eigenvalue weighted by Crippen LogP contribution is 2.28. The number of hydrogen-bond acceptors (Lipinski definition) is 13. The van der Waals surface area contributed by atoms with Crippen LogP contribution < -0.4 is 21.4 Å². The van der Waals surface area contributed by atoms with Crippen molar-refractivity contribution in [2.75, 3.05) is 21.3 Å². The molecule has 1 fully saturated rings. The molecular formula is C43H64N4O13. The number of carboxylic acid groups (broad SMARTS) is 1. The van der Waals surface area contributed by atoms with E-state index in [0.717, 1.165) is 24.7 Å². The topological polar surface area (TPSA) is 242 Å². The lowest BCUT2D eigenvalue weighted by atomic mass is 9.99. The van der Waals surface area contributed by atoms with Crippen LogP contribution in [-0.4, -0.2) is 104 Å². The van der Waals surface area contributed by atoms with Gasteiger partial charge in [0.05, 0.1) is 14.2 Å². The van der Waals surface area contributed by atoms with Crippen molar-refractivity contribution in [2.45, 2.75) is 123 Å². The molecule has 1 unspecified atom stereocenters. The fourth-order valence-electron chi connectivity index (χ4n) is 6.04. The maximum atomic E-state index is 12.3. The molecule has 334 valence electrons. The Balaban J connectivity index is 0.000000901. The Labute approximate surface area is 353 Å². The van der Waals surface area contributed by atoms with Crippen LogP contribution in [0.5, 0.6) is 0 Å². The van der Waals surface area contributed by atoms with E-state index >= 15 is 0 Å². The van der Waals surface area contributed by atoms with E-state index in [4.69, 9.17) is 14.7 Å². The quantitative estimate of drug-likeness (QED) is 0.0949. The van der Waals surface area contributed by atoms with Gasteiger partial charge >= 0.3 is 17.9 Å². The largest absolute Gasteiger partial charge is 0.476 e. The summed E-state index contributed by atoms with van der Waals surface area (Å²) in [5.74, 6) is -5.99. The number of rotatable bonds is 20. The molecular weight excluding hydrogens is 780 g/mol. The smallest absolute Gasteiger partial charge is 0.374 e. The van der Waals surface area contributed by atoms with Gasteiger partial charge in [0.1, 0.15) is 0 Å². The average Bonchev–Trinajstić information content (AvgIpc) is 3.61. The maximum absolute atomic E-state index is 12.3. The Morgan fingerprint density at radius 2 is 1.23 bits per heavy atom. The van der Waals surface area contributed by atoms with Gasteiger partial charge in [0.15, 0.2) is 0 Å². The van der Waals surface area contributed by atoms with Crippen molar-refractivity contribution in [3.63, 3.8) is 0 Å². The molecule has 0 radical (unpaired) electrons. The molecule has 1 heterocycles. The van der Waals surface area contributed by atoms with E-state index in [1.807, 2.05) is 67.6 Å². The SMILES string of the molecule is C.CC(=O)N[C@H](CC(=O)C(=O)O)Cc1ccccc1.CC[C@@H](CC(=O)NC(CC(=O)C(=O)OC)Cc1ccccc1)NC(C)=O.COC(=O)[C@@]1(OC)C[C@@H](CC(C)C)NO1. The number of benzene rings is 2. The number of esters is 2. The highest BCUT2D eigenvalue weighted by atomic mass is 16.8. The van der Waals surface area contributed by atoms with Crippen molar-refractivity contribution in [1.29, 1.82) is 0 Å². The predicted molar refractivity (Wildman–Crippen MR) is 222 cm³/mol. The first kappa shape index (κ1) is 54.5. The number of nitrogens with one attached hydrogen (secondary N) is 4. The predicted octanol–water partition coefficient (Wildman–Crippen LogP) is 3.41. The van der Waals surface area contributed by atoms with Crippen LogP contribution in [0.1, 0.15) is 91.7 Å². The normalized spacial score (nSPS) is 16.6. The van der Waals surface area contributed by atoms with E-state index in [1.165, 1.54) is 28.1 Å². The van der Waals surface area contributed by atoms with Gasteiger partial charge in [-0.2, -0.15) is 5.48 Å². The molecule has 3 amide bonds. The molecule has 0 bridgehead atoms. The molecule has 0 aromatic heterocycles. The minimum atomic E-state index is -1.47. The third-order valence-corrected chi connectivity index (χ3v) is 8.76. The number of aliphatic carboxylic acids is 1. The molecule has 5 N–H and O–H groups in total. The Morgan fingerprint density at radius 1 is 0.750 bits per heavy atom. The van der Waals surface area contributed by atoms with Gasteiger partial charge in [0.2, 0.25) is 29.3 Å².